The Labute approximate surface area is 127 Å². The first-order valence-electron chi connectivity index (χ1n) is 7.84. The molecule has 2 N–H and O–H groups in total. The number of hydrogen-bond acceptors (Lipinski definition) is 3. The van der Waals surface area contributed by atoms with Gasteiger partial charge in [0.2, 0.25) is 0 Å². The van der Waals surface area contributed by atoms with Gasteiger partial charge < -0.3 is 5.11 Å². The van der Waals surface area contributed by atoms with Crippen LogP contribution in [0, 0.1) is 23.7 Å². The minimum atomic E-state index is -4.57. The van der Waals surface area contributed by atoms with Crippen LogP contribution in [0.2, 0.25) is 0 Å². The van der Waals surface area contributed by atoms with Crippen LogP contribution in [0.1, 0.15) is 38.5 Å². The van der Waals surface area contributed by atoms with Crippen molar-refractivity contribution in [3.05, 3.63) is 11.8 Å². The molecule has 0 aromatic carbocycles. The van der Waals surface area contributed by atoms with E-state index in [0.717, 1.165) is 0 Å². The van der Waals surface area contributed by atoms with Gasteiger partial charge in [0, 0.05) is 12.7 Å². The van der Waals surface area contributed by atoms with Gasteiger partial charge in [-0.1, -0.05) is 0 Å². The molecule has 1 aliphatic heterocycles. The Balaban J connectivity index is 0.000000132. The highest BCUT2D eigenvalue weighted by Crippen LogP contribution is 2.53. The summed E-state index contributed by atoms with van der Waals surface area (Å²) >= 11 is 0. The summed E-state index contributed by atoms with van der Waals surface area (Å²) < 4.78 is 35.5. The van der Waals surface area contributed by atoms with Gasteiger partial charge in [-0.05, 0) is 62.2 Å². The molecule has 0 spiro atoms. The summed E-state index contributed by atoms with van der Waals surface area (Å²) in [5, 5.41) is 8.11. The molecule has 124 valence electrons. The van der Waals surface area contributed by atoms with E-state index >= 15 is 0 Å². The number of halogens is 3. The molecule has 1 heterocycles. The van der Waals surface area contributed by atoms with Crippen molar-refractivity contribution in [1.82, 2.24) is 10.4 Å². The third-order valence-corrected chi connectivity index (χ3v) is 5.27. The van der Waals surface area contributed by atoms with E-state index in [1.165, 1.54) is 23.7 Å². The number of hydrogen-bond donors (Lipinski definition) is 2. The highest BCUT2D eigenvalue weighted by Gasteiger charge is 2.41. The van der Waals surface area contributed by atoms with Crippen LogP contribution in [0.5, 0.6) is 0 Å². The SMILES string of the molecule is C1C2CC3CC1CC(C2)C3.O=C(O)C1=CN(C(F)(F)F)NC1. The minimum absolute atomic E-state index is 0.184. The fraction of sp³-hybridized carbons (Fsp3) is 0.800. The third-order valence-electron chi connectivity index (χ3n) is 5.27. The average molecular weight is 318 g/mol. The van der Waals surface area contributed by atoms with E-state index < -0.39 is 12.3 Å². The van der Waals surface area contributed by atoms with Crippen molar-refractivity contribution < 1.29 is 23.1 Å². The maximum absolute atomic E-state index is 11.8. The number of alkyl halides is 3. The molecule has 5 rings (SSSR count). The molecular weight excluding hydrogens is 297 g/mol. The highest BCUT2D eigenvalue weighted by atomic mass is 19.4. The Morgan fingerprint density at radius 1 is 1.05 bits per heavy atom. The van der Waals surface area contributed by atoms with Crippen LogP contribution in [0.25, 0.3) is 0 Å². The molecule has 4 aliphatic carbocycles. The maximum Gasteiger partial charge on any atom is 0.498 e. The van der Waals surface area contributed by atoms with Gasteiger partial charge in [-0.25, -0.2) is 15.2 Å². The Hall–Kier alpha value is -1.24. The van der Waals surface area contributed by atoms with Gasteiger partial charge in [-0.2, -0.15) is 0 Å². The topological polar surface area (TPSA) is 52.6 Å². The van der Waals surface area contributed by atoms with Crippen LogP contribution in [0.4, 0.5) is 13.2 Å². The Morgan fingerprint density at radius 3 is 1.68 bits per heavy atom. The normalized spacial score (nSPS) is 36.0. The fourth-order valence-electron chi connectivity index (χ4n) is 4.69. The number of hydrazine groups is 1. The maximum atomic E-state index is 11.8. The summed E-state index contributed by atoms with van der Waals surface area (Å²) in [7, 11) is 0. The molecule has 4 bridgehead atoms. The fourth-order valence-corrected chi connectivity index (χ4v) is 4.69. The molecule has 0 amide bonds. The zero-order valence-corrected chi connectivity index (χ0v) is 12.3. The van der Waals surface area contributed by atoms with Crippen LogP contribution in [0.3, 0.4) is 0 Å². The molecule has 0 atom stereocenters. The molecule has 4 fully saturated rings. The molecule has 7 heteroatoms. The smallest absolute Gasteiger partial charge is 0.478 e. The molecule has 0 radical (unpaired) electrons. The number of rotatable bonds is 1. The quantitative estimate of drug-likeness (QED) is 0.729. The largest absolute Gasteiger partial charge is 0.498 e. The van der Waals surface area contributed by atoms with Gasteiger partial charge in [0.15, 0.2) is 0 Å². The lowest BCUT2D eigenvalue weighted by Crippen LogP contribution is -2.40. The Bertz CT molecular complexity index is 419. The van der Waals surface area contributed by atoms with E-state index in [-0.39, 0.29) is 17.1 Å². The zero-order chi connectivity index (χ0) is 15.9. The third kappa shape index (κ3) is 3.39. The summed E-state index contributed by atoms with van der Waals surface area (Å²) in [6.45, 7) is -0.311. The molecule has 4 saturated carbocycles. The number of carboxylic acid groups (broad SMARTS) is 1. The zero-order valence-electron chi connectivity index (χ0n) is 12.3. The molecule has 0 saturated heterocycles. The molecule has 0 aromatic heterocycles. The number of nitrogens with one attached hydrogen (secondary N) is 1. The monoisotopic (exact) mass is 318 g/mol. The molecule has 0 aromatic rings. The minimum Gasteiger partial charge on any atom is -0.478 e. The van der Waals surface area contributed by atoms with Crippen LogP contribution in [-0.4, -0.2) is 28.9 Å². The predicted molar refractivity (Wildman–Crippen MR) is 73.3 cm³/mol. The van der Waals surface area contributed by atoms with Crippen LogP contribution < -0.4 is 5.43 Å². The average Bonchev–Trinajstić information content (AvgIpc) is 2.87. The lowest BCUT2D eigenvalue weighted by Gasteiger charge is -2.49. The van der Waals surface area contributed by atoms with Gasteiger partial charge >= 0.3 is 12.3 Å². The van der Waals surface area contributed by atoms with Crippen molar-refractivity contribution >= 4 is 5.97 Å². The number of carboxylic acids is 1. The van der Waals surface area contributed by atoms with Gasteiger partial charge in [0.05, 0.1) is 5.57 Å². The first kappa shape index (κ1) is 15.6. The lowest BCUT2D eigenvalue weighted by molar-refractivity contribution is -0.240. The lowest BCUT2D eigenvalue weighted by atomic mass is 9.56. The summed E-state index contributed by atoms with van der Waals surface area (Å²) in [5.74, 6) is 3.36. The molecule has 5 aliphatic rings. The first-order valence-corrected chi connectivity index (χ1v) is 7.84. The second-order valence-electron chi connectivity index (χ2n) is 7.01. The second kappa shape index (κ2) is 5.76. The van der Waals surface area contributed by atoms with Gasteiger partial charge in [0.1, 0.15) is 0 Å². The predicted octanol–water partition coefficient (Wildman–Crippen LogP) is 3.13. The first-order chi connectivity index (χ1) is 10.3. The van der Waals surface area contributed by atoms with Crippen molar-refractivity contribution in [2.24, 2.45) is 23.7 Å². The number of carbonyl (C=O) groups is 1. The van der Waals surface area contributed by atoms with E-state index in [1.807, 2.05) is 5.43 Å². The second-order valence-corrected chi connectivity index (χ2v) is 7.01. The van der Waals surface area contributed by atoms with E-state index in [2.05, 4.69) is 0 Å². The summed E-state index contributed by atoms with van der Waals surface area (Å²) in [6, 6.07) is 0. The van der Waals surface area contributed by atoms with Crippen LogP contribution in [-0.2, 0) is 4.79 Å². The van der Waals surface area contributed by atoms with Gasteiger partial charge in [-0.3, -0.25) is 0 Å². The summed E-state index contributed by atoms with van der Waals surface area (Å²) in [6.07, 6.45) is 5.57. The van der Waals surface area contributed by atoms with E-state index in [1.54, 1.807) is 38.5 Å². The van der Waals surface area contributed by atoms with Crippen molar-refractivity contribution in [3.63, 3.8) is 0 Å². The molecule has 22 heavy (non-hydrogen) atoms. The Kier molecular flexibility index (Phi) is 4.09. The van der Waals surface area contributed by atoms with E-state index in [4.69, 9.17) is 5.11 Å². The van der Waals surface area contributed by atoms with Crippen molar-refractivity contribution in [1.29, 1.82) is 0 Å². The molecule has 4 nitrogen and oxygen atoms in total. The highest BCUT2D eigenvalue weighted by molar-refractivity contribution is 5.87. The number of nitrogens with zero attached hydrogens (tertiary/aromatic N) is 1. The van der Waals surface area contributed by atoms with E-state index in [0.29, 0.717) is 6.20 Å². The van der Waals surface area contributed by atoms with Crippen LogP contribution in [0.15, 0.2) is 11.8 Å². The van der Waals surface area contributed by atoms with Crippen molar-refractivity contribution in [2.75, 3.05) is 6.54 Å². The molecule has 0 unspecified atom stereocenters. The summed E-state index contributed by atoms with van der Waals surface area (Å²) in [4.78, 5) is 10.2. The number of aliphatic carboxylic acids is 1. The van der Waals surface area contributed by atoms with Crippen LogP contribution >= 0.6 is 0 Å². The van der Waals surface area contributed by atoms with E-state index in [9.17, 15) is 18.0 Å². The summed E-state index contributed by atoms with van der Waals surface area (Å²) in [5.41, 5.74) is 1.55. The molecular formula is C15H21F3N2O2. The standard InChI is InChI=1S/C10H16.C5H5F3N2O2/c1-7-2-9-4-8(1)5-10(3-7)6-9;6-5(7,8)10-2-3(1-9-10)4(11)12/h7-10H,1-6H2;2,9H,1H2,(H,11,12). The van der Waals surface area contributed by atoms with Crippen molar-refractivity contribution in [3.8, 4) is 0 Å². The van der Waals surface area contributed by atoms with Gasteiger partial charge in [0.25, 0.3) is 0 Å². The Morgan fingerprint density at radius 2 is 1.45 bits per heavy atom. The van der Waals surface area contributed by atoms with Crippen molar-refractivity contribution in [2.45, 2.75) is 44.8 Å². The van der Waals surface area contributed by atoms with Gasteiger partial charge in [-0.15, -0.1) is 13.2 Å².